The maximum absolute atomic E-state index is 10.3. The Kier molecular flexibility index (Phi) is 5.30. The summed E-state index contributed by atoms with van der Waals surface area (Å²) in [5.74, 6) is 1.76. The molecule has 1 aliphatic carbocycles. The van der Waals surface area contributed by atoms with Crippen molar-refractivity contribution in [2.24, 2.45) is 5.92 Å². The predicted octanol–water partition coefficient (Wildman–Crippen LogP) is 3.80. The molecule has 0 aliphatic heterocycles. The van der Waals surface area contributed by atoms with E-state index in [2.05, 4.69) is 18.9 Å². The van der Waals surface area contributed by atoms with Crippen LogP contribution in [0.4, 0.5) is 0 Å². The molecule has 0 heterocycles. The molecule has 0 aromatic heterocycles. The Hall–Kier alpha value is -1.22. The summed E-state index contributed by atoms with van der Waals surface area (Å²) in [5.41, 5.74) is 0.956. The highest BCUT2D eigenvalue weighted by Gasteiger charge is 2.22. The highest BCUT2D eigenvalue weighted by atomic mass is 16.5. The predicted molar refractivity (Wildman–Crippen MR) is 82.2 cm³/mol. The van der Waals surface area contributed by atoms with Crippen LogP contribution in [-0.2, 0) is 6.54 Å². The molecule has 3 nitrogen and oxygen atoms in total. The molecular weight excluding hydrogens is 250 g/mol. The minimum Gasteiger partial charge on any atom is -0.504 e. The maximum atomic E-state index is 10.3. The second kappa shape index (κ2) is 6.98. The van der Waals surface area contributed by atoms with E-state index in [1.54, 1.807) is 0 Å². The van der Waals surface area contributed by atoms with E-state index in [0.29, 0.717) is 24.1 Å². The van der Waals surface area contributed by atoms with E-state index in [1.165, 1.54) is 25.7 Å². The summed E-state index contributed by atoms with van der Waals surface area (Å²) in [6, 6.07) is 6.41. The van der Waals surface area contributed by atoms with Crippen LogP contribution in [-0.4, -0.2) is 29.7 Å². The van der Waals surface area contributed by atoms with Crippen LogP contribution in [0.1, 0.15) is 45.1 Å². The van der Waals surface area contributed by atoms with Crippen LogP contribution in [0.25, 0.3) is 0 Å². The minimum absolute atomic E-state index is 0.297. The lowest BCUT2D eigenvalue weighted by Gasteiger charge is -2.33. The second-order valence-corrected chi connectivity index (χ2v) is 6.03. The third-order valence-electron chi connectivity index (χ3n) is 4.41. The van der Waals surface area contributed by atoms with E-state index < -0.39 is 0 Å². The lowest BCUT2D eigenvalue weighted by molar-refractivity contribution is 0.162. The summed E-state index contributed by atoms with van der Waals surface area (Å²) in [5, 5.41) is 10.3. The number of hydrogen-bond donors (Lipinski definition) is 1. The van der Waals surface area contributed by atoms with E-state index in [9.17, 15) is 5.11 Å². The Morgan fingerprint density at radius 2 is 1.95 bits per heavy atom. The third-order valence-corrected chi connectivity index (χ3v) is 4.41. The van der Waals surface area contributed by atoms with Crippen molar-refractivity contribution in [2.75, 3.05) is 13.7 Å². The first-order valence-corrected chi connectivity index (χ1v) is 7.75. The van der Waals surface area contributed by atoms with Gasteiger partial charge in [0, 0.05) is 18.2 Å². The third kappa shape index (κ3) is 3.66. The zero-order valence-electron chi connectivity index (χ0n) is 12.9. The van der Waals surface area contributed by atoms with E-state index in [0.717, 1.165) is 18.0 Å². The largest absolute Gasteiger partial charge is 0.504 e. The van der Waals surface area contributed by atoms with Gasteiger partial charge in [0.25, 0.3) is 0 Å². The summed E-state index contributed by atoms with van der Waals surface area (Å²) >= 11 is 0. The Labute approximate surface area is 122 Å². The number of benzene rings is 1. The normalized spacial score (nSPS) is 23.0. The van der Waals surface area contributed by atoms with Gasteiger partial charge in [-0.1, -0.05) is 19.1 Å². The highest BCUT2D eigenvalue weighted by molar-refractivity contribution is 5.45. The maximum Gasteiger partial charge on any atom is 0.162 e. The molecule has 1 N–H and O–H groups in total. The smallest absolute Gasteiger partial charge is 0.162 e. The number of ether oxygens (including phenoxy) is 1. The molecular formula is C17H27NO2. The average molecular weight is 277 g/mol. The molecule has 2 rings (SSSR count). The summed E-state index contributed by atoms with van der Waals surface area (Å²) in [6.07, 6.45) is 5.17. The summed E-state index contributed by atoms with van der Waals surface area (Å²) < 4.78 is 5.45. The molecule has 1 fully saturated rings. The summed E-state index contributed by atoms with van der Waals surface area (Å²) in [6.45, 7) is 5.63. The Bertz CT molecular complexity index is 425. The molecule has 0 saturated heterocycles. The molecule has 1 saturated carbocycles. The van der Waals surface area contributed by atoms with Gasteiger partial charge >= 0.3 is 0 Å². The highest BCUT2D eigenvalue weighted by Crippen LogP contribution is 2.32. The minimum atomic E-state index is 0.297. The lowest BCUT2D eigenvalue weighted by Crippen LogP contribution is -2.34. The zero-order chi connectivity index (χ0) is 14.5. The topological polar surface area (TPSA) is 32.7 Å². The molecule has 0 spiro atoms. The Morgan fingerprint density at radius 1 is 1.25 bits per heavy atom. The van der Waals surface area contributed by atoms with Crippen molar-refractivity contribution >= 4 is 0 Å². The van der Waals surface area contributed by atoms with Gasteiger partial charge in [-0.05, 0) is 51.6 Å². The number of aromatic hydroxyl groups is 1. The van der Waals surface area contributed by atoms with Gasteiger partial charge in [0.1, 0.15) is 0 Å². The molecule has 112 valence electrons. The number of para-hydroxylation sites is 1. The van der Waals surface area contributed by atoms with Crippen molar-refractivity contribution in [3.8, 4) is 11.5 Å². The monoisotopic (exact) mass is 277 g/mol. The Morgan fingerprint density at radius 3 is 2.60 bits per heavy atom. The van der Waals surface area contributed by atoms with Gasteiger partial charge in [-0.3, -0.25) is 4.90 Å². The van der Waals surface area contributed by atoms with Gasteiger partial charge in [-0.15, -0.1) is 0 Å². The molecule has 0 unspecified atom stereocenters. The van der Waals surface area contributed by atoms with Gasteiger partial charge in [-0.25, -0.2) is 0 Å². The van der Waals surface area contributed by atoms with Crippen molar-refractivity contribution in [3.63, 3.8) is 0 Å². The first kappa shape index (κ1) is 15.2. The molecule has 1 aromatic carbocycles. The Balaban J connectivity index is 2.00. The van der Waals surface area contributed by atoms with Crippen LogP contribution in [0.2, 0.25) is 0 Å². The fraction of sp³-hybridized carbons (Fsp3) is 0.647. The average Bonchev–Trinajstić information content (AvgIpc) is 2.44. The van der Waals surface area contributed by atoms with Crippen LogP contribution in [0.5, 0.6) is 11.5 Å². The SMILES string of the molecule is CCOc1cccc(CN(C)C2CCC(C)CC2)c1O. The lowest BCUT2D eigenvalue weighted by atomic mass is 9.86. The molecule has 3 heteroatoms. The number of phenols is 1. The first-order valence-electron chi connectivity index (χ1n) is 7.75. The molecule has 0 atom stereocenters. The molecule has 0 bridgehead atoms. The molecule has 1 aliphatic rings. The van der Waals surface area contributed by atoms with Crippen LogP contribution in [0.15, 0.2) is 18.2 Å². The summed E-state index contributed by atoms with van der Waals surface area (Å²) in [7, 11) is 2.16. The van der Waals surface area contributed by atoms with Crippen LogP contribution >= 0.6 is 0 Å². The van der Waals surface area contributed by atoms with Gasteiger partial charge < -0.3 is 9.84 Å². The van der Waals surface area contributed by atoms with Crippen molar-refractivity contribution in [3.05, 3.63) is 23.8 Å². The molecule has 0 radical (unpaired) electrons. The van der Waals surface area contributed by atoms with Crippen molar-refractivity contribution in [1.82, 2.24) is 4.90 Å². The van der Waals surface area contributed by atoms with Gasteiger partial charge in [0.15, 0.2) is 11.5 Å². The van der Waals surface area contributed by atoms with Crippen LogP contribution in [0, 0.1) is 5.92 Å². The standard InChI is InChI=1S/C17H27NO2/c1-4-20-16-7-5-6-14(17(16)19)12-18(3)15-10-8-13(2)9-11-15/h5-7,13,15,19H,4,8-12H2,1-3H3. The quantitative estimate of drug-likeness (QED) is 0.888. The second-order valence-electron chi connectivity index (χ2n) is 6.03. The number of phenolic OH excluding ortho intramolecular Hbond substituents is 1. The van der Waals surface area contributed by atoms with Crippen LogP contribution < -0.4 is 4.74 Å². The van der Waals surface area contributed by atoms with E-state index in [1.807, 2.05) is 25.1 Å². The fourth-order valence-corrected chi connectivity index (χ4v) is 3.05. The van der Waals surface area contributed by atoms with E-state index in [4.69, 9.17) is 4.74 Å². The van der Waals surface area contributed by atoms with Crippen LogP contribution in [0.3, 0.4) is 0 Å². The fourth-order valence-electron chi connectivity index (χ4n) is 3.05. The van der Waals surface area contributed by atoms with E-state index in [-0.39, 0.29) is 0 Å². The zero-order valence-corrected chi connectivity index (χ0v) is 12.9. The number of rotatable bonds is 5. The van der Waals surface area contributed by atoms with Crippen molar-refractivity contribution < 1.29 is 9.84 Å². The molecule has 20 heavy (non-hydrogen) atoms. The van der Waals surface area contributed by atoms with Crippen molar-refractivity contribution in [1.29, 1.82) is 0 Å². The number of hydrogen-bond acceptors (Lipinski definition) is 3. The van der Waals surface area contributed by atoms with E-state index >= 15 is 0 Å². The van der Waals surface area contributed by atoms with Gasteiger partial charge in [-0.2, -0.15) is 0 Å². The molecule has 1 aromatic rings. The van der Waals surface area contributed by atoms with Gasteiger partial charge in [0.05, 0.1) is 6.61 Å². The summed E-state index contributed by atoms with van der Waals surface area (Å²) in [4.78, 5) is 2.37. The van der Waals surface area contributed by atoms with Gasteiger partial charge in [0.2, 0.25) is 0 Å². The first-order chi connectivity index (χ1) is 9.61. The molecule has 0 amide bonds. The van der Waals surface area contributed by atoms with Crippen molar-refractivity contribution in [2.45, 2.75) is 52.1 Å². The number of nitrogens with zero attached hydrogens (tertiary/aromatic N) is 1.